The summed E-state index contributed by atoms with van der Waals surface area (Å²) in [4.78, 5) is 0. The minimum Gasteiger partial charge on any atom is -0.397 e. The number of nitrogen functional groups attached to an aromatic ring is 2. The van der Waals surface area contributed by atoms with E-state index in [1.807, 2.05) is 6.07 Å². The van der Waals surface area contributed by atoms with Crippen LogP contribution in [0.5, 0.6) is 0 Å². The first-order valence-corrected chi connectivity index (χ1v) is 10.2. The SMILES string of the molecule is Cc1ccc(-c2c3ccccc3c(-c3ccc(C)cc3)c3c(N)c(N)ccc23)cc1. The zero-order valence-corrected chi connectivity index (χ0v) is 17.2. The summed E-state index contributed by atoms with van der Waals surface area (Å²) in [6.07, 6.45) is 0. The van der Waals surface area contributed by atoms with Gasteiger partial charge in [0, 0.05) is 5.39 Å². The Bertz CT molecular complexity index is 1400. The lowest BCUT2D eigenvalue weighted by Crippen LogP contribution is -1.99. The van der Waals surface area contributed by atoms with Crippen molar-refractivity contribution in [2.45, 2.75) is 13.8 Å². The minimum absolute atomic E-state index is 0.612. The number of benzene rings is 5. The second kappa shape index (κ2) is 6.93. The van der Waals surface area contributed by atoms with Crippen molar-refractivity contribution in [3.8, 4) is 22.3 Å². The maximum Gasteiger partial charge on any atom is 0.0634 e. The van der Waals surface area contributed by atoms with E-state index in [-0.39, 0.29) is 0 Å². The number of anilines is 2. The molecule has 0 spiro atoms. The predicted molar refractivity (Wildman–Crippen MR) is 131 cm³/mol. The number of hydrogen-bond donors (Lipinski definition) is 2. The molecule has 0 aromatic heterocycles. The Morgan fingerprint density at radius 2 is 1.00 bits per heavy atom. The molecule has 0 radical (unpaired) electrons. The summed E-state index contributed by atoms with van der Waals surface area (Å²) >= 11 is 0. The van der Waals surface area contributed by atoms with Crippen LogP contribution in [0.15, 0.2) is 84.9 Å². The molecular formula is C28H24N2. The molecule has 0 aliphatic carbocycles. The highest BCUT2D eigenvalue weighted by atomic mass is 14.7. The number of rotatable bonds is 2. The Morgan fingerprint density at radius 1 is 0.500 bits per heavy atom. The van der Waals surface area contributed by atoms with Crippen LogP contribution in [0.2, 0.25) is 0 Å². The van der Waals surface area contributed by atoms with E-state index in [0.29, 0.717) is 11.4 Å². The van der Waals surface area contributed by atoms with Gasteiger partial charge >= 0.3 is 0 Å². The molecule has 4 N–H and O–H groups in total. The average Bonchev–Trinajstić information content (AvgIpc) is 2.76. The highest BCUT2D eigenvalue weighted by molar-refractivity contribution is 6.25. The van der Waals surface area contributed by atoms with Crippen LogP contribution in [0.4, 0.5) is 11.4 Å². The molecule has 2 heteroatoms. The van der Waals surface area contributed by atoms with E-state index >= 15 is 0 Å². The number of fused-ring (bicyclic) bond motifs is 2. The molecule has 5 aromatic carbocycles. The second-order valence-corrected chi connectivity index (χ2v) is 8.02. The lowest BCUT2D eigenvalue weighted by Gasteiger charge is -2.20. The highest BCUT2D eigenvalue weighted by Gasteiger charge is 2.19. The van der Waals surface area contributed by atoms with Gasteiger partial charge in [0.2, 0.25) is 0 Å². The van der Waals surface area contributed by atoms with Gasteiger partial charge in [0.1, 0.15) is 0 Å². The van der Waals surface area contributed by atoms with Crippen LogP contribution in [0.1, 0.15) is 11.1 Å². The number of hydrogen-bond acceptors (Lipinski definition) is 2. The fourth-order valence-corrected chi connectivity index (χ4v) is 4.36. The summed E-state index contributed by atoms with van der Waals surface area (Å²) in [7, 11) is 0. The van der Waals surface area contributed by atoms with Gasteiger partial charge in [0.25, 0.3) is 0 Å². The highest BCUT2D eigenvalue weighted by Crippen LogP contribution is 2.46. The first-order valence-electron chi connectivity index (χ1n) is 10.2. The first kappa shape index (κ1) is 18.3. The molecule has 5 aromatic rings. The molecule has 0 saturated carbocycles. The standard InChI is InChI=1S/C28H24N2/c1-17-7-11-19(12-8-17)25-21-5-3-4-6-22(21)26(20-13-9-18(2)10-14-20)27-23(25)15-16-24(29)28(27)30/h3-16H,29-30H2,1-2H3. The van der Waals surface area contributed by atoms with Gasteiger partial charge in [-0.25, -0.2) is 0 Å². The average molecular weight is 389 g/mol. The van der Waals surface area contributed by atoms with E-state index in [0.717, 1.165) is 21.9 Å². The predicted octanol–water partition coefficient (Wildman–Crippen LogP) is 7.11. The van der Waals surface area contributed by atoms with Crippen molar-refractivity contribution in [3.05, 3.63) is 96.1 Å². The number of nitrogens with two attached hydrogens (primary N) is 2. The van der Waals surface area contributed by atoms with Gasteiger partial charge < -0.3 is 11.5 Å². The van der Waals surface area contributed by atoms with E-state index in [4.69, 9.17) is 11.5 Å². The Morgan fingerprint density at radius 3 is 1.57 bits per heavy atom. The van der Waals surface area contributed by atoms with Crippen molar-refractivity contribution in [2.24, 2.45) is 0 Å². The molecule has 0 saturated heterocycles. The molecule has 0 heterocycles. The van der Waals surface area contributed by atoms with Crippen LogP contribution >= 0.6 is 0 Å². The van der Waals surface area contributed by atoms with E-state index in [2.05, 4.69) is 92.7 Å². The molecule has 30 heavy (non-hydrogen) atoms. The van der Waals surface area contributed by atoms with Crippen LogP contribution < -0.4 is 11.5 Å². The van der Waals surface area contributed by atoms with E-state index in [1.54, 1.807) is 0 Å². The normalized spacial score (nSPS) is 11.3. The lowest BCUT2D eigenvalue weighted by molar-refractivity contribution is 1.47. The molecule has 0 bridgehead atoms. The fraction of sp³-hybridized carbons (Fsp3) is 0.0714. The lowest BCUT2D eigenvalue weighted by atomic mass is 9.85. The van der Waals surface area contributed by atoms with Crippen LogP contribution in [-0.4, -0.2) is 0 Å². The van der Waals surface area contributed by atoms with Crippen molar-refractivity contribution in [1.29, 1.82) is 0 Å². The summed E-state index contributed by atoms with van der Waals surface area (Å²) in [6, 6.07) is 29.9. The molecule has 2 nitrogen and oxygen atoms in total. The monoisotopic (exact) mass is 388 g/mol. The van der Waals surface area contributed by atoms with Gasteiger partial charge in [-0.3, -0.25) is 0 Å². The van der Waals surface area contributed by atoms with Gasteiger partial charge in [-0.05, 0) is 58.3 Å². The zero-order valence-electron chi connectivity index (χ0n) is 17.2. The molecule has 0 fully saturated rings. The third kappa shape index (κ3) is 2.81. The summed E-state index contributed by atoms with van der Waals surface area (Å²) < 4.78 is 0. The van der Waals surface area contributed by atoms with Gasteiger partial charge in [0.05, 0.1) is 11.4 Å². The van der Waals surface area contributed by atoms with Gasteiger partial charge in [-0.1, -0.05) is 90.0 Å². The third-order valence-corrected chi connectivity index (χ3v) is 5.94. The van der Waals surface area contributed by atoms with Gasteiger partial charge in [0.15, 0.2) is 0 Å². The Labute approximate surface area is 176 Å². The first-order chi connectivity index (χ1) is 14.5. The minimum atomic E-state index is 0.612. The molecule has 0 unspecified atom stereocenters. The van der Waals surface area contributed by atoms with E-state index in [1.165, 1.54) is 33.0 Å². The largest absolute Gasteiger partial charge is 0.397 e. The topological polar surface area (TPSA) is 52.0 Å². The van der Waals surface area contributed by atoms with Crippen molar-refractivity contribution in [2.75, 3.05) is 11.5 Å². The van der Waals surface area contributed by atoms with Gasteiger partial charge in [-0.2, -0.15) is 0 Å². The smallest absolute Gasteiger partial charge is 0.0634 e. The molecule has 5 rings (SSSR count). The van der Waals surface area contributed by atoms with Gasteiger partial charge in [-0.15, -0.1) is 0 Å². The number of aryl methyl sites for hydroxylation is 2. The summed E-state index contributed by atoms with van der Waals surface area (Å²) in [6.45, 7) is 4.21. The van der Waals surface area contributed by atoms with E-state index < -0.39 is 0 Å². The van der Waals surface area contributed by atoms with Crippen molar-refractivity contribution in [1.82, 2.24) is 0 Å². The summed E-state index contributed by atoms with van der Waals surface area (Å²) in [5, 5.41) is 4.54. The molecule has 0 aliphatic heterocycles. The Kier molecular flexibility index (Phi) is 4.22. The van der Waals surface area contributed by atoms with Crippen molar-refractivity contribution >= 4 is 32.9 Å². The van der Waals surface area contributed by atoms with Crippen LogP contribution in [0.25, 0.3) is 43.8 Å². The van der Waals surface area contributed by atoms with Crippen LogP contribution in [0.3, 0.4) is 0 Å². The summed E-state index contributed by atoms with van der Waals surface area (Å²) in [5.41, 5.74) is 21.3. The summed E-state index contributed by atoms with van der Waals surface area (Å²) in [5.74, 6) is 0. The van der Waals surface area contributed by atoms with Crippen molar-refractivity contribution < 1.29 is 0 Å². The molecule has 146 valence electrons. The molecule has 0 aliphatic rings. The maximum atomic E-state index is 6.62. The Hall–Kier alpha value is -3.78. The molecular weight excluding hydrogens is 364 g/mol. The molecule has 0 amide bonds. The van der Waals surface area contributed by atoms with E-state index in [9.17, 15) is 0 Å². The zero-order chi connectivity index (χ0) is 20.8. The third-order valence-electron chi connectivity index (χ3n) is 5.94. The second-order valence-electron chi connectivity index (χ2n) is 8.02. The maximum absolute atomic E-state index is 6.62. The van der Waals surface area contributed by atoms with Crippen LogP contribution in [0, 0.1) is 13.8 Å². The quantitative estimate of drug-likeness (QED) is 0.250. The van der Waals surface area contributed by atoms with Crippen molar-refractivity contribution in [3.63, 3.8) is 0 Å². The Balaban J connectivity index is 2.02. The molecule has 0 atom stereocenters. The van der Waals surface area contributed by atoms with Crippen LogP contribution in [-0.2, 0) is 0 Å². The fourth-order valence-electron chi connectivity index (χ4n) is 4.36.